The monoisotopic (exact) mass is 143 g/mol. The molecule has 0 aromatic heterocycles. The smallest absolute Gasteiger partial charge is 0.0579 e. The SMILES string of the molecule is OCl.[Al].[Ca].[Mg]. The van der Waals surface area contributed by atoms with Gasteiger partial charge in [0.05, 0.1) is 11.9 Å². The predicted octanol–water partition coefficient (Wildman–Crippen LogP) is -1.01. The summed E-state index contributed by atoms with van der Waals surface area (Å²) >= 11 is 3.64. The van der Waals surface area contributed by atoms with Gasteiger partial charge in [-0.25, -0.2) is 0 Å². The fourth-order valence-electron chi connectivity index (χ4n) is 0. The molecule has 1 N–H and O–H groups in total. The van der Waals surface area contributed by atoms with Gasteiger partial charge in [-0.3, -0.25) is 4.66 Å². The van der Waals surface area contributed by atoms with E-state index in [2.05, 4.69) is 11.9 Å². The van der Waals surface area contributed by atoms with E-state index >= 15 is 0 Å². The van der Waals surface area contributed by atoms with Crippen molar-refractivity contribution in [2.45, 2.75) is 0 Å². The first-order chi connectivity index (χ1) is 1.00. The van der Waals surface area contributed by atoms with E-state index in [1.54, 1.807) is 0 Å². The van der Waals surface area contributed by atoms with E-state index in [-0.39, 0.29) is 78.2 Å². The molecule has 0 atom stereocenters. The first-order valence-corrected chi connectivity index (χ1v) is 0.507. The zero-order valence-electron chi connectivity index (χ0n) is 2.82. The van der Waals surface area contributed by atoms with Crippen LogP contribution >= 0.6 is 11.9 Å². The summed E-state index contributed by atoms with van der Waals surface area (Å²) in [5, 5.41) is 0. The maximum absolute atomic E-state index is 6.47. The second-order valence-corrected chi connectivity index (χ2v) is 0. The van der Waals surface area contributed by atoms with Gasteiger partial charge in [0.25, 0.3) is 0 Å². The molecule has 7 radical (unpaired) electrons. The average molecular weight is 144 g/mol. The molecular formula is HAlCaClMgO. The number of rotatable bonds is 0. The molecule has 0 saturated heterocycles. The van der Waals surface area contributed by atoms with Crippen molar-refractivity contribution in [3.63, 3.8) is 0 Å². The van der Waals surface area contributed by atoms with Crippen molar-refractivity contribution < 1.29 is 4.66 Å². The molecule has 0 bridgehead atoms. The van der Waals surface area contributed by atoms with Crippen molar-refractivity contribution in [1.82, 2.24) is 0 Å². The van der Waals surface area contributed by atoms with Crippen LogP contribution in [0.3, 0.4) is 0 Å². The van der Waals surface area contributed by atoms with E-state index in [1.807, 2.05) is 0 Å². The summed E-state index contributed by atoms with van der Waals surface area (Å²) in [6.45, 7) is 0. The van der Waals surface area contributed by atoms with Crippen LogP contribution in [0.1, 0.15) is 0 Å². The van der Waals surface area contributed by atoms with Crippen molar-refractivity contribution in [1.29, 1.82) is 0 Å². The minimum atomic E-state index is 0. The van der Waals surface area contributed by atoms with Crippen LogP contribution < -0.4 is 0 Å². The summed E-state index contributed by atoms with van der Waals surface area (Å²) < 4.78 is 6.47. The van der Waals surface area contributed by atoms with Crippen LogP contribution in [0.2, 0.25) is 0 Å². The molecule has 0 rings (SSSR count). The number of hydrogen-bond donors (Lipinski definition) is 1. The Labute approximate surface area is 92.9 Å². The molecule has 21 valence electrons. The van der Waals surface area contributed by atoms with Crippen molar-refractivity contribution in [3.8, 4) is 0 Å². The van der Waals surface area contributed by atoms with Crippen LogP contribution in [0, 0.1) is 0 Å². The van der Waals surface area contributed by atoms with Gasteiger partial charge < -0.3 is 0 Å². The predicted molar refractivity (Wildman–Crippen MR) is 25.3 cm³/mol. The largest absolute Gasteiger partial charge is 0.295 e. The normalized spacial score (nSPS) is 1.20. The van der Waals surface area contributed by atoms with Crippen molar-refractivity contribution in [2.75, 3.05) is 0 Å². The number of halogens is 1. The van der Waals surface area contributed by atoms with Gasteiger partial charge >= 0.3 is 0 Å². The summed E-state index contributed by atoms with van der Waals surface area (Å²) in [6, 6.07) is 0. The fourth-order valence-corrected chi connectivity index (χ4v) is 0. The molecule has 5 heavy (non-hydrogen) atoms. The Hall–Kier alpha value is 2.81. The van der Waals surface area contributed by atoms with E-state index in [0.717, 1.165) is 0 Å². The molecule has 0 fully saturated rings. The Morgan fingerprint density at radius 2 is 1.20 bits per heavy atom. The molecule has 0 heterocycles. The van der Waals surface area contributed by atoms with Gasteiger partial charge in [0, 0.05) is 78.2 Å². The summed E-state index contributed by atoms with van der Waals surface area (Å²) in [6.07, 6.45) is 0. The first kappa shape index (κ1) is 25.0. The van der Waals surface area contributed by atoms with Gasteiger partial charge in [0.1, 0.15) is 0 Å². The number of hydrogen-bond acceptors (Lipinski definition) is 1. The third-order valence-corrected chi connectivity index (χ3v) is 0. The Kier molecular flexibility index (Phi) is 145. The summed E-state index contributed by atoms with van der Waals surface area (Å²) in [5.41, 5.74) is 0. The van der Waals surface area contributed by atoms with Gasteiger partial charge in [-0.05, 0) is 0 Å². The molecule has 0 spiro atoms. The topological polar surface area (TPSA) is 20.2 Å². The van der Waals surface area contributed by atoms with Gasteiger partial charge in [0.15, 0.2) is 0 Å². The Morgan fingerprint density at radius 3 is 1.20 bits per heavy atom. The second-order valence-electron chi connectivity index (χ2n) is 0. The molecule has 0 unspecified atom stereocenters. The van der Waals surface area contributed by atoms with E-state index in [4.69, 9.17) is 4.66 Å². The Morgan fingerprint density at radius 1 is 1.20 bits per heavy atom. The van der Waals surface area contributed by atoms with Crippen LogP contribution in [-0.4, -0.2) is 82.8 Å². The van der Waals surface area contributed by atoms with Gasteiger partial charge in [0.2, 0.25) is 0 Å². The second kappa shape index (κ2) is 29.1. The fraction of sp³-hybridized carbons (Fsp3) is 0. The quantitative estimate of drug-likeness (QED) is 0.431. The van der Waals surface area contributed by atoms with Gasteiger partial charge in [-0.2, -0.15) is 0 Å². The molecule has 0 aliphatic rings. The van der Waals surface area contributed by atoms with Crippen LogP contribution in [-0.2, 0) is 0 Å². The van der Waals surface area contributed by atoms with Crippen LogP contribution in [0.25, 0.3) is 0 Å². The van der Waals surface area contributed by atoms with Crippen LogP contribution in [0.5, 0.6) is 0 Å². The molecule has 0 amide bonds. The molecule has 0 saturated carbocycles. The van der Waals surface area contributed by atoms with Crippen molar-refractivity contribution in [3.05, 3.63) is 0 Å². The molecule has 0 aliphatic heterocycles. The van der Waals surface area contributed by atoms with E-state index in [1.165, 1.54) is 0 Å². The van der Waals surface area contributed by atoms with Crippen LogP contribution in [0.15, 0.2) is 0 Å². The summed E-state index contributed by atoms with van der Waals surface area (Å²) in [4.78, 5) is 0. The van der Waals surface area contributed by atoms with Crippen molar-refractivity contribution >= 4 is 90.0 Å². The van der Waals surface area contributed by atoms with Crippen LogP contribution in [0.4, 0.5) is 0 Å². The molecular weight excluding hydrogens is 143 g/mol. The van der Waals surface area contributed by atoms with Gasteiger partial charge in [-0.15, -0.1) is 0 Å². The third-order valence-electron chi connectivity index (χ3n) is 0. The third kappa shape index (κ3) is 20.0. The molecule has 0 aromatic rings. The zero-order chi connectivity index (χ0) is 2.00. The maximum atomic E-state index is 6.47. The van der Waals surface area contributed by atoms with E-state index < -0.39 is 0 Å². The maximum Gasteiger partial charge on any atom is 0.0579 e. The average Bonchev–Trinajstić information content (AvgIpc) is 1.00. The minimum Gasteiger partial charge on any atom is -0.295 e. The van der Waals surface area contributed by atoms with E-state index in [9.17, 15) is 0 Å². The molecule has 5 heteroatoms. The Balaban J connectivity index is -0.00000000167. The zero-order valence-corrected chi connectivity index (χ0v) is 8.35. The van der Waals surface area contributed by atoms with Gasteiger partial charge in [-0.1, -0.05) is 0 Å². The minimum absolute atomic E-state index is 0. The molecule has 0 aliphatic carbocycles. The standard InChI is InChI=1S/Al.Ca.ClHO.Mg/c;;1-2;/h;;2H;. The summed E-state index contributed by atoms with van der Waals surface area (Å²) in [7, 11) is 0. The van der Waals surface area contributed by atoms with E-state index in [0.29, 0.717) is 0 Å². The molecule has 1 nitrogen and oxygen atoms in total. The Bertz CT molecular complexity index is 11.6. The summed E-state index contributed by atoms with van der Waals surface area (Å²) in [5.74, 6) is 0. The first-order valence-electron chi connectivity index (χ1n) is 0.169. The van der Waals surface area contributed by atoms with Crippen molar-refractivity contribution in [2.24, 2.45) is 0 Å². The molecule has 0 aromatic carbocycles.